The number of rotatable bonds is 7. The van der Waals surface area contributed by atoms with Crippen LogP contribution in [0.3, 0.4) is 0 Å². The number of benzene rings is 1. The molecule has 1 aromatic carbocycles. The van der Waals surface area contributed by atoms with Gasteiger partial charge in [0.25, 0.3) is 0 Å². The highest BCUT2D eigenvalue weighted by atomic mass is 14.9. The molecule has 0 fully saturated rings. The lowest BCUT2D eigenvalue weighted by Gasteiger charge is -2.25. The van der Waals surface area contributed by atoms with Gasteiger partial charge in [0.1, 0.15) is 0 Å². The molecule has 0 amide bonds. The van der Waals surface area contributed by atoms with Gasteiger partial charge in [0.2, 0.25) is 0 Å². The SMILES string of the molecule is CCCNC(Cc1cc(C)ccc1C)C(C)CC. The van der Waals surface area contributed by atoms with E-state index in [0.29, 0.717) is 6.04 Å². The van der Waals surface area contributed by atoms with Crippen molar-refractivity contribution in [2.24, 2.45) is 5.92 Å². The molecule has 1 N–H and O–H groups in total. The van der Waals surface area contributed by atoms with Crippen LogP contribution in [0.5, 0.6) is 0 Å². The van der Waals surface area contributed by atoms with Crippen molar-refractivity contribution in [1.29, 1.82) is 0 Å². The van der Waals surface area contributed by atoms with Crippen molar-refractivity contribution >= 4 is 0 Å². The number of hydrogen-bond donors (Lipinski definition) is 1. The topological polar surface area (TPSA) is 12.0 Å². The van der Waals surface area contributed by atoms with E-state index in [4.69, 9.17) is 0 Å². The van der Waals surface area contributed by atoms with Gasteiger partial charge in [-0.05, 0) is 50.3 Å². The third-order valence-corrected chi connectivity index (χ3v) is 3.93. The summed E-state index contributed by atoms with van der Waals surface area (Å²) >= 11 is 0. The first-order valence-electron chi connectivity index (χ1n) is 7.38. The monoisotopic (exact) mass is 247 g/mol. The number of hydrogen-bond acceptors (Lipinski definition) is 1. The molecule has 0 saturated heterocycles. The average Bonchev–Trinajstić information content (AvgIpc) is 2.37. The van der Waals surface area contributed by atoms with E-state index in [0.717, 1.165) is 18.9 Å². The van der Waals surface area contributed by atoms with Gasteiger partial charge in [0.15, 0.2) is 0 Å². The van der Waals surface area contributed by atoms with Crippen LogP contribution in [0.25, 0.3) is 0 Å². The molecule has 0 bridgehead atoms. The molecule has 0 spiro atoms. The molecule has 1 rings (SSSR count). The van der Waals surface area contributed by atoms with Crippen LogP contribution in [0, 0.1) is 19.8 Å². The van der Waals surface area contributed by atoms with Gasteiger partial charge in [-0.2, -0.15) is 0 Å². The summed E-state index contributed by atoms with van der Waals surface area (Å²) in [6, 6.07) is 7.41. The van der Waals surface area contributed by atoms with Crippen molar-refractivity contribution in [3.63, 3.8) is 0 Å². The van der Waals surface area contributed by atoms with E-state index in [1.54, 1.807) is 0 Å². The Kier molecular flexibility index (Phi) is 6.42. The predicted octanol–water partition coefficient (Wildman–Crippen LogP) is 4.26. The maximum absolute atomic E-state index is 3.72. The summed E-state index contributed by atoms with van der Waals surface area (Å²) in [5.74, 6) is 0.733. The molecular formula is C17H29N. The quantitative estimate of drug-likeness (QED) is 0.759. The predicted molar refractivity (Wildman–Crippen MR) is 81.2 cm³/mol. The van der Waals surface area contributed by atoms with E-state index in [9.17, 15) is 0 Å². The molecule has 2 unspecified atom stereocenters. The van der Waals surface area contributed by atoms with Gasteiger partial charge in [-0.15, -0.1) is 0 Å². The highest BCUT2D eigenvalue weighted by molar-refractivity contribution is 5.31. The Morgan fingerprint density at radius 1 is 1.17 bits per heavy atom. The first kappa shape index (κ1) is 15.2. The molecule has 18 heavy (non-hydrogen) atoms. The minimum Gasteiger partial charge on any atom is -0.313 e. The largest absolute Gasteiger partial charge is 0.313 e. The van der Waals surface area contributed by atoms with E-state index in [1.165, 1.54) is 29.5 Å². The fourth-order valence-electron chi connectivity index (χ4n) is 2.35. The summed E-state index contributed by atoms with van der Waals surface area (Å²) in [6.45, 7) is 12.4. The van der Waals surface area contributed by atoms with Crippen LogP contribution in [0.2, 0.25) is 0 Å². The second-order valence-corrected chi connectivity index (χ2v) is 5.58. The molecule has 1 nitrogen and oxygen atoms in total. The Labute approximate surface area is 113 Å². The normalized spacial score (nSPS) is 14.5. The van der Waals surface area contributed by atoms with E-state index in [2.05, 4.69) is 58.1 Å². The minimum absolute atomic E-state index is 0.607. The van der Waals surface area contributed by atoms with Crippen LogP contribution >= 0.6 is 0 Å². The van der Waals surface area contributed by atoms with Crippen LogP contribution in [0.4, 0.5) is 0 Å². The van der Waals surface area contributed by atoms with Gasteiger partial charge >= 0.3 is 0 Å². The van der Waals surface area contributed by atoms with Gasteiger partial charge in [-0.3, -0.25) is 0 Å². The molecule has 0 heterocycles. The lowest BCUT2D eigenvalue weighted by molar-refractivity contribution is 0.364. The summed E-state index contributed by atoms with van der Waals surface area (Å²) in [6.07, 6.45) is 3.61. The molecule has 1 aromatic rings. The Bertz CT molecular complexity index is 357. The molecule has 0 aliphatic carbocycles. The van der Waals surface area contributed by atoms with Crippen molar-refractivity contribution in [1.82, 2.24) is 5.32 Å². The fraction of sp³-hybridized carbons (Fsp3) is 0.647. The number of nitrogens with one attached hydrogen (secondary N) is 1. The molecule has 2 atom stereocenters. The molecule has 0 aromatic heterocycles. The highest BCUT2D eigenvalue weighted by Crippen LogP contribution is 2.18. The Morgan fingerprint density at radius 2 is 1.89 bits per heavy atom. The molecule has 0 radical (unpaired) electrons. The zero-order chi connectivity index (χ0) is 13.5. The molecule has 1 heteroatoms. The smallest absolute Gasteiger partial charge is 0.0133 e. The van der Waals surface area contributed by atoms with Crippen LogP contribution in [-0.2, 0) is 6.42 Å². The summed E-state index contributed by atoms with van der Waals surface area (Å²) in [7, 11) is 0. The maximum atomic E-state index is 3.72. The molecular weight excluding hydrogens is 218 g/mol. The van der Waals surface area contributed by atoms with Crippen LogP contribution in [0.1, 0.15) is 50.3 Å². The third kappa shape index (κ3) is 4.45. The van der Waals surface area contributed by atoms with Gasteiger partial charge in [-0.25, -0.2) is 0 Å². The minimum atomic E-state index is 0.607. The van der Waals surface area contributed by atoms with Crippen LogP contribution < -0.4 is 5.32 Å². The average molecular weight is 247 g/mol. The number of aryl methyl sites for hydroxylation is 2. The standard InChI is InChI=1S/C17H29N/c1-6-10-18-17(14(4)7-2)12-16-11-13(3)8-9-15(16)5/h8-9,11,14,17-18H,6-7,10,12H2,1-5H3. The Morgan fingerprint density at radius 3 is 2.50 bits per heavy atom. The lowest BCUT2D eigenvalue weighted by Crippen LogP contribution is -2.37. The second-order valence-electron chi connectivity index (χ2n) is 5.58. The fourth-order valence-corrected chi connectivity index (χ4v) is 2.35. The molecule has 0 aliphatic heterocycles. The van der Waals surface area contributed by atoms with Gasteiger partial charge in [0.05, 0.1) is 0 Å². The van der Waals surface area contributed by atoms with Crippen molar-refractivity contribution in [2.45, 2.75) is 59.9 Å². The zero-order valence-electron chi connectivity index (χ0n) is 12.7. The first-order valence-corrected chi connectivity index (χ1v) is 7.38. The summed E-state index contributed by atoms with van der Waals surface area (Å²) < 4.78 is 0. The van der Waals surface area contributed by atoms with Crippen LogP contribution in [-0.4, -0.2) is 12.6 Å². The Balaban J connectivity index is 2.77. The van der Waals surface area contributed by atoms with Crippen molar-refractivity contribution in [3.05, 3.63) is 34.9 Å². The highest BCUT2D eigenvalue weighted by Gasteiger charge is 2.16. The van der Waals surface area contributed by atoms with Crippen molar-refractivity contribution in [3.8, 4) is 0 Å². The molecule has 0 saturated carbocycles. The van der Waals surface area contributed by atoms with Gasteiger partial charge in [0, 0.05) is 6.04 Å². The van der Waals surface area contributed by atoms with Crippen molar-refractivity contribution < 1.29 is 0 Å². The van der Waals surface area contributed by atoms with E-state index >= 15 is 0 Å². The lowest BCUT2D eigenvalue weighted by atomic mass is 9.90. The van der Waals surface area contributed by atoms with E-state index < -0.39 is 0 Å². The Hall–Kier alpha value is -0.820. The first-order chi connectivity index (χ1) is 8.58. The van der Waals surface area contributed by atoms with E-state index in [1.807, 2.05) is 0 Å². The van der Waals surface area contributed by atoms with Gasteiger partial charge in [-0.1, -0.05) is 51.0 Å². The second kappa shape index (κ2) is 7.58. The third-order valence-electron chi connectivity index (χ3n) is 3.93. The maximum Gasteiger partial charge on any atom is 0.0133 e. The van der Waals surface area contributed by atoms with Crippen LogP contribution in [0.15, 0.2) is 18.2 Å². The summed E-state index contributed by atoms with van der Waals surface area (Å²) in [5, 5.41) is 3.72. The molecule has 0 aliphatic rings. The zero-order valence-corrected chi connectivity index (χ0v) is 12.7. The van der Waals surface area contributed by atoms with E-state index in [-0.39, 0.29) is 0 Å². The molecule has 102 valence electrons. The van der Waals surface area contributed by atoms with Crippen molar-refractivity contribution in [2.75, 3.05) is 6.54 Å². The summed E-state index contributed by atoms with van der Waals surface area (Å²) in [4.78, 5) is 0. The van der Waals surface area contributed by atoms with Gasteiger partial charge < -0.3 is 5.32 Å². The summed E-state index contributed by atoms with van der Waals surface area (Å²) in [5.41, 5.74) is 4.30.